The van der Waals surface area contributed by atoms with E-state index in [-0.39, 0.29) is 24.2 Å². The molecule has 2 rings (SSSR count). The van der Waals surface area contributed by atoms with Crippen LogP contribution < -0.4 is 0 Å². The van der Waals surface area contributed by atoms with Crippen molar-refractivity contribution < 1.29 is 24.6 Å². The van der Waals surface area contributed by atoms with Gasteiger partial charge in [-0.15, -0.1) is 0 Å². The van der Waals surface area contributed by atoms with Crippen LogP contribution in [0.1, 0.15) is 37.8 Å². The number of carbonyl (C=O) groups is 3. The summed E-state index contributed by atoms with van der Waals surface area (Å²) in [6, 6.07) is 5.13. The van der Waals surface area contributed by atoms with Crippen molar-refractivity contribution in [1.29, 1.82) is 0 Å². The lowest BCUT2D eigenvalue weighted by Gasteiger charge is -2.32. The first kappa shape index (κ1) is 16.4. The first-order valence-corrected chi connectivity index (χ1v) is 7.49. The molecule has 0 radical (unpaired) electrons. The van der Waals surface area contributed by atoms with Crippen LogP contribution in [0.5, 0.6) is 0 Å². The number of hydrogen-bond acceptors (Lipinski definition) is 4. The van der Waals surface area contributed by atoms with Crippen molar-refractivity contribution in [2.75, 3.05) is 0 Å². The second-order valence-corrected chi connectivity index (χ2v) is 6.60. The second-order valence-electron chi connectivity index (χ2n) is 5.68. The third kappa shape index (κ3) is 2.70. The Balaban J connectivity index is 2.57. The average molecular weight is 367 g/mol. The molecule has 0 atom stereocenters. The van der Waals surface area contributed by atoms with E-state index < -0.39 is 23.0 Å². The van der Waals surface area contributed by atoms with Crippen LogP contribution in [0.15, 0.2) is 28.2 Å². The number of aliphatic carboxylic acids is 1. The van der Waals surface area contributed by atoms with Crippen LogP contribution in [0.2, 0.25) is 0 Å². The maximum atomic E-state index is 12.6. The van der Waals surface area contributed by atoms with E-state index in [1.165, 1.54) is 0 Å². The summed E-state index contributed by atoms with van der Waals surface area (Å²) in [7, 11) is 0. The number of carboxylic acids is 1. The molecule has 6 heteroatoms. The number of fused-ring (bicyclic) bond motifs is 1. The number of Topliss-reactive ketones (excluding diaryl/α,β-unsaturated/α-hetero) is 2. The fourth-order valence-electron chi connectivity index (χ4n) is 2.54. The highest BCUT2D eigenvalue weighted by Crippen LogP contribution is 2.40. The summed E-state index contributed by atoms with van der Waals surface area (Å²) in [4.78, 5) is 35.4. The normalized spacial score (nSPS) is 16.4. The predicted molar refractivity (Wildman–Crippen MR) is 83.6 cm³/mol. The third-order valence-electron chi connectivity index (χ3n) is 3.79. The van der Waals surface area contributed by atoms with Gasteiger partial charge in [-0.3, -0.25) is 14.4 Å². The SMILES string of the molecule is CC1(C)C(=O)C(C(=O)CCC(=O)O)=C(O)c2cc(Br)ccc21. The number of hydrogen-bond donors (Lipinski definition) is 2. The van der Waals surface area contributed by atoms with E-state index in [1.54, 1.807) is 32.0 Å². The van der Waals surface area contributed by atoms with E-state index in [4.69, 9.17) is 5.11 Å². The molecule has 0 spiro atoms. The number of aliphatic hydroxyl groups is 1. The highest BCUT2D eigenvalue weighted by Gasteiger charge is 2.42. The van der Waals surface area contributed by atoms with Gasteiger partial charge in [0, 0.05) is 16.5 Å². The fourth-order valence-corrected chi connectivity index (χ4v) is 2.90. The number of halogens is 1. The molecule has 5 nitrogen and oxygen atoms in total. The maximum absolute atomic E-state index is 12.6. The lowest BCUT2D eigenvalue weighted by molar-refractivity contribution is -0.138. The Hall–Kier alpha value is -1.95. The number of carboxylic acid groups (broad SMARTS) is 1. The van der Waals surface area contributed by atoms with Crippen molar-refractivity contribution in [2.45, 2.75) is 32.1 Å². The van der Waals surface area contributed by atoms with Crippen LogP contribution in [0.3, 0.4) is 0 Å². The topological polar surface area (TPSA) is 91.7 Å². The van der Waals surface area contributed by atoms with E-state index in [9.17, 15) is 19.5 Å². The smallest absolute Gasteiger partial charge is 0.303 e. The van der Waals surface area contributed by atoms with Gasteiger partial charge in [0.15, 0.2) is 11.6 Å². The van der Waals surface area contributed by atoms with Gasteiger partial charge >= 0.3 is 5.97 Å². The molecule has 116 valence electrons. The molecule has 1 aliphatic carbocycles. The van der Waals surface area contributed by atoms with Crippen LogP contribution in [0, 0.1) is 0 Å². The molecular weight excluding hydrogens is 352 g/mol. The Labute approximate surface area is 135 Å². The number of benzene rings is 1. The molecular formula is C16H15BrO5. The minimum absolute atomic E-state index is 0.308. The molecule has 0 unspecified atom stereocenters. The third-order valence-corrected chi connectivity index (χ3v) is 4.28. The van der Waals surface area contributed by atoms with Crippen LogP contribution in [0.4, 0.5) is 0 Å². The summed E-state index contributed by atoms with van der Waals surface area (Å²) in [6.07, 6.45) is -0.700. The zero-order valence-electron chi connectivity index (χ0n) is 12.1. The number of rotatable bonds is 4. The molecule has 0 fully saturated rings. The molecule has 0 aromatic heterocycles. The van der Waals surface area contributed by atoms with Gasteiger partial charge in [0.25, 0.3) is 0 Å². The van der Waals surface area contributed by atoms with E-state index >= 15 is 0 Å². The minimum Gasteiger partial charge on any atom is -0.506 e. The van der Waals surface area contributed by atoms with Gasteiger partial charge in [0.2, 0.25) is 0 Å². The number of aliphatic hydroxyl groups excluding tert-OH is 1. The number of carbonyl (C=O) groups excluding carboxylic acids is 2. The molecule has 0 heterocycles. The zero-order chi connectivity index (χ0) is 16.7. The lowest BCUT2D eigenvalue weighted by Crippen LogP contribution is -2.37. The van der Waals surface area contributed by atoms with Gasteiger partial charge in [0.1, 0.15) is 11.3 Å². The molecule has 22 heavy (non-hydrogen) atoms. The summed E-state index contributed by atoms with van der Waals surface area (Å²) >= 11 is 3.30. The second kappa shape index (κ2) is 5.68. The molecule has 1 aromatic carbocycles. The molecule has 0 amide bonds. The van der Waals surface area contributed by atoms with Gasteiger partial charge in [-0.1, -0.05) is 22.0 Å². The molecule has 2 N–H and O–H groups in total. The van der Waals surface area contributed by atoms with E-state index in [0.717, 1.165) is 0 Å². The molecule has 1 aromatic rings. The standard InChI is InChI=1S/C16H15BrO5/c1-16(2)10-4-3-8(17)7-9(10)14(21)13(15(16)22)11(18)5-6-12(19)20/h3-4,7,21H,5-6H2,1-2H3,(H,19,20). The zero-order valence-corrected chi connectivity index (χ0v) is 13.7. The summed E-state index contributed by atoms with van der Waals surface area (Å²) in [5, 5.41) is 19.0. The quantitative estimate of drug-likeness (QED) is 0.799. The van der Waals surface area contributed by atoms with Crippen LogP contribution in [-0.4, -0.2) is 27.7 Å². The summed E-state index contributed by atoms with van der Waals surface area (Å²) in [5.41, 5.74) is -0.223. The Kier molecular flexibility index (Phi) is 4.24. The Morgan fingerprint density at radius 1 is 1.23 bits per heavy atom. The van der Waals surface area contributed by atoms with Crippen molar-refractivity contribution in [3.63, 3.8) is 0 Å². The largest absolute Gasteiger partial charge is 0.506 e. The van der Waals surface area contributed by atoms with E-state index in [1.807, 2.05) is 0 Å². The Morgan fingerprint density at radius 3 is 2.45 bits per heavy atom. The first-order chi connectivity index (χ1) is 10.2. The summed E-state index contributed by atoms with van der Waals surface area (Å²) in [5.74, 6) is -2.64. The molecule has 0 saturated heterocycles. The van der Waals surface area contributed by atoms with Crippen LogP contribution in [-0.2, 0) is 19.8 Å². The highest BCUT2D eigenvalue weighted by atomic mass is 79.9. The van der Waals surface area contributed by atoms with Crippen LogP contribution in [0.25, 0.3) is 5.76 Å². The Morgan fingerprint density at radius 2 is 1.86 bits per heavy atom. The monoisotopic (exact) mass is 366 g/mol. The van der Waals surface area contributed by atoms with Crippen molar-refractivity contribution in [2.24, 2.45) is 0 Å². The predicted octanol–water partition coefficient (Wildman–Crippen LogP) is 3.01. The molecule has 0 aliphatic heterocycles. The molecule has 1 aliphatic rings. The first-order valence-electron chi connectivity index (χ1n) is 6.69. The molecule has 0 bridgehead atoms. The van der Waals surface area contributed by atoms with Crippen molar-refractivity contribution in [1.82, 2.24) is 0 Å². The summed E-state index contributed by atoms with van der Waals surface area (Å²) in [6.45, 7) is 3.36. The minimum atomic E-state index is -1.13. The summed E-state index contributed by atoms with van der Waals surface area (Å²) < 4.78 is 0.709. The van der Waals surface area contributed by atoms with Crippen molar-refractivity contribution >= 4 is 39.2 Å². The number of allylic oxidation sites excluding steroid dienone is 1. The maximum Gasteiger partial charge on any atom is 0.303 e. The Bertz CT molecular complexity index is 715. The fraction of sp³-hybridized carbons (Fsp3) is 0.312. The van der Waals surface area contributed by atoms with Crippen LogP contribution >= 0.6 is 15.9 Å². The highest BCUT2D eigenvalue weighted by molar-refractivity contribution is 9.10. The number of ketones is 2. The molecule has 0 saturated carbocycles. The van der Waals surface area contributed by atoms with Crippen molar-refractivity contribution in [3.8, 4) is 0 Å². The van der Waals surface area contributed by atoms with Gasteiger partial charge in [-0.2, -0.15) is 0 Å². The van der Waals surface area contributed by atoms with Gasteiger partial charge < -0.3 is 10.2 Å². The van der Waals surface area contributed by atoms with Gasteiger partial charge in [-0.05, 0) is 31.5 Å². The van der Waals surface area contributed by atoms with Gasteiger partial charge in [-0.25, -0.2) is 0 Å². The van der Waals surface area contributed by atoms with Crippen molar-refractivity contribution in [3.05, 3.63) is 39.4 Å². The lowest BCUT2D eigenvalue weighted by atomic mass is 9.70. The van der Waals surface area contributed by atoms with Gasteiger partial charge in [0.05, 0.1) is 11.8 Å². The average Bonchev–Trinajstić information content (AvgIpc) is 2.43. The van der Waals surface area contributed by atoms with E-state index in [2.05, 4.69) is 15.9 Å². The van der Waals surface area contributed by atoms with E-state index in [0.29, 0.717) is 15.6 Å².